The van der Waals surface area contributed by atoms with Crippen LogP contribution in [0.3, 0.4) is 0 Å². The Hall–Kier alpha value is 0.636. The van der Waals surface area contributed by atoms with Gasteiger partial charge in [0.1, 0.15) is 0 Å². The minimum Gasteiger partial charge on any atom is -0.652 e. The summed E-state index contributed by atoms with van der Waals surface area (Å²) in [4.78, 5) is 0. The molecule has 0 aromatic heterocycles. The Kier molecular flexibility index (Phi) is 38.2. The monoisotopic (exact) mass is 748 g/mol. The maximum atomic E-state index is 4.69. The molecule has 0 saturated carbocycles. The zero-order chi connectivity index (χ0) is 33.8. The molecule has 0 N–H and O–H groups in total. The molecule has 0 amide bonds. The van der Waals surface area contributed by atoms with Crippen LogP contribution in [0.25, 0.3) is 16.0 Å². The Bertz CT molecular complexity index is 948. The molecule has 0 aliphatic carbocycles. The van der Waals surface area contributed by atoms with Crippen molar-refractivity contribution < 1.29 is 73.1 Å². The first-order chi connectivity index (χ1) is 21.3. The maximum absolute atomic E-state index is 4.69. The third-order valence-electron chi connectivity index (χ3n) is 8.05. The zero-order valence-corrected chi connectivity index (χ0v) is 37.9. The van der Waals surface area contributed by atoms with Crippen LogP contribution in [0, 0.1) is 0 Å². The molecule has 0 aliphatic rings. The fraction of sp³-hybridized carbons (Fsp3) is 0.538. The van der Waals surface area contributed by atoms with Crippen LogP contribution in [0.5, 0.6) is 0 Å². The van der Waals surface area contributed by atoms with Crippen molar-refractivity contribution in [1.82, 2.24) is 0 Å². The number of rotatable bonds is 15. The smallest absolute Gasteiger partial charge is 0.652 e. The summed E-state index contributed by atoms with van der Waals surface area (Å²) in [5, 5.41) is 14.1. The Morgan fingerprint density at radius 2 is 0.510 bits per heavy atom. The quantitative estimate of drug-likeness (QED) is 0.154. The van der Waals surface area contributed by atoms with Crippen LogP contribution in [-0.2, 0) is 16.5 Å². The van der Waals surface area contributed by atoms with Crippen LogP contribution in [0.4, 0.5) is 17.1 Å². The van der Waals surface area contributed by atoms with E-state index in [-0.39, 0.29) is 96.8 Å². The minimum absolute atomic E-state index is 0. The third-order valence-corrected chi connectivity index (χ3v) is 18.5. The van der Waals surface area contributed by atoms with E-state index in [0.29, 0.717) is 0 Å². The Balaban J connectivity index is -0.000000298. The van der Waals surface area contributed by atoms with E-state index in [1.165, 1.54) is 0 Å². The van der Waals surface area contributed by atoms with E-state index in [1.54, 1.807) is 0 Å². The maximum Gasteiger partial charge on any atom is 1.00 e. The number of para-hydroxylation sites is 3. The average Bonchev–Trinajstić information content (AvgIpc) is 2.99. The number of benzene rings is 3. The molecule has 262 valence electrons. The van der Waals surface area contributed by atoms with Crippen molar-refractivity contribution >= 4 is 40.8 Å². The summed E-state index contributed by atoms with van der Waals surface area (Å²) in [6, 6.07) is 30.9. The molecule has 3 rings (SSSR count). The van der Waals surface area contributed by atoms with Gasteiger partial charge in [0.2, 0.25) is 0 Å². The van der Waals surface area contributed by atoms with Gasteiger partial charge in [-0.15, -0.1) is 17.1 Å². The van der Waals surface area contributed by atoms with Crippen molar-refractivity contribution in [2.75, 3.05) is 18.9 Å². The summed E-state index contributed by atoms with van der Waals surface area (Å²) in [5.74, 6) is 0. The van der Waals surface area contributed by atoms with Gasteiger partial charge in [-0.05, 0) is 126 Å². The fourth-order valence-corrected chi connectivity index (χ4v) is 12.5. The van der Waals surface area contributed by atoms with Gasteiger partial charge in [0, 0.05) is 16.5 Å². The van der Waals surface area contributed by atoms with Crippen LogP contribution in [0.1, 0.15) is 83.1 Å². The van der Waals surface area contributed by atoms with E-state index in [4.69, 9.17) is 16.0 Å². The van der Waals surface area contributed by atoms with E-state index in [9.17, 15) is 0 Å². The van der Waals surface area contributed by atoms with Gasteiger partial charge in [-0.2, -0.15) is 0 Å². The second kappa shape index (κ2) is 33.2. The van der Waals surface area contributed by atoms with Crippen molar-refractivity contribution in [1.29, 1.82) is 0 Å². The third kappa shape index (κ3) is 26.1. The van der Waals surface area contributed by atoms with Gasteiger partial charge in [0.25, 0.3) is 0 Å². The van der Waals surface area contributed by atoms with Gasteiger partial charge in [-0.3, -0.25) is 0 Å². The molecule has 3 nitrogen and oxygen atoms in total. The molecule has 0 bridgehead atoms. The summed E-state index contributed by atoms with van der Waals surface area (Å²) in [7, 11) is -1.03. The van der Waals surface area contributed by atoms with E-state index in [2.05, 4.69) is 156 Å². The Labute approximate surface area is 353 Å². The van der Waals surface area contributed by atoms with E-state index >= 15 is 0 Å². The molecule has 3 aromatic carbocycles. The van der Waals surface area contributed by atoms with Crippen LogP contribution in [0.2, 0.25) is 0 Å². The second-order valence-electron chi connectivity index (χ2n) is 13.6. The molecule has 49 heavy (non-hydrogen) atoms. The molecule has 0 radical (unpaired) electrons. The van der Waals surface area contributed by atoms with Crippen molar-refractivity contribution in [3.8, 4) is 0 Å². The van der Waals surface area contributed by atoms with Crippen LogP contribution in [-0.4, -0.2) is 52.8 Å². The minimum atomic E-state index is -0.343. The summed E-state index contributed by atoms with van der Waals surface area (Å²) in [6.07, 6.45) is 3.14. The largest absolute Gasteiger partial charge is 1.00 e. The first-order valence-corrected chi connectivity index (χ1v) is 22.7. The fourth-order valence-electron chi connectivity index (χ4n) is 5.24. The second-order valence-corrected chi connectivity index (χ2v) is 24.9. The molecule has 3 aromatic rings. The van der Waals surface area contributed by atoms with E-state index in [1.807, 2.05) is 18.2 Å². The van der Waals surface area contributed by atoms with Gasteiger partial charge < -0.3 is 16.0 Å². The zero-order valence-electron chi connectivity index (χ0n) is 33.9. The van der Waals surface area contributed by atoms with Crippen LogP contribution >= 0.6 is 23.8 Å². The molecule has 0 spiro atoms. The molecule has 0 heterocycles. The molecule has 0 unspecified atom stereocenters. The van der Waals surface area contributed by atoms with Crippen LogP contribution in [0.15, 0.2) is 91.0 Å². The predicted octanol–water partition coefficient (Wildman–Crippen LogP) is 5.05. The predicted molar refractivity (Wildman–Crippen MR) is 219 cm³/mol. The number of nitrogens with zero attached hydrogens (tertiary/aromatic N) is 3. The van der Waals surface area contributed by atoms with Gasteiger partial charge in [0.05, 0.1) is 34.0 Å². The molecule has 0 fully saturated rings. The van der Waals surface area contributed by atoms with E-state index in [0.717, 1.165) is 69.9 Å². The van der Waals surface area contributed by atoms with Gasteiger partial charge in [-0.25, -0.2) is 0 Å². The van der Waals surface area contributed by atoms with Crippen LogP contribution < -0.4 is 56.6 Å². The number of hydrogen-bond acceptors (Lipinski definition) is 0. The Morgan fingerprint density at radius 1 is 0.347 bits per heavy atom. The van der Waals surface area contributed by atoms with Gasteiger partial charge >= 0.3 is 56.6 Å². The van der Waals surface area contributed by atoms with Gasteiger partial charge in [-0.1, -0.05) is 91.0 Å². The molecular formula is C39H66Li3N3NiP3+3. The molecule has 10 heteroatoms. The summed E-state index contributed by atoms with van der Waals surface area (Å²) >= 11 is 0. The van der Waals surface area contributed by atoms with Crippen molar-refractivity contribution in [2.45, 2.75) is 117 Å². The average molecular weight is 749 g/mol. The van der Waals surface area contributed by atoms with E-state index < -0.39 is 0 Å². The molecule has 0 atom stereocenters. The standard InChI is InChI=1S/3C13H21NP.3Li.Ni/c3*1-11(2)15(12(3)4)10-14-13-8-6-5-7-9-13;;;;/h3*5-9,11-12H,10H2,1-4H3;;;;/q3*-1;3*+1;/p+3. The summed E-state index contributed by atoms with van der Waals surface area (Å²) in [5.41, 5.74) is 8.23. The Morgan fingerprint density at radius 3 is 0.653 bits per heavy atom. The first kappa shape index (κ1) is 56.4. The van der Waals surface area contributed by atoms with Crippen molar-refractivity contribution in [3.63, 3.8) is 0 Å². The summed E-state index contributed by atoms with van der Waals surface area (Å²) < 4.78 is 0. The first-order valence-electron chi connectivity index (χ1n) is 17.1. The molecule has 0 aliphatic heterocycles. The molecular weight excluding hydrogens is 683 g/mol. The van der Waals surface area contributed by atoms with Gasteiger partial charge in [0.15, 0.2) is 0 Å². The molecule has 0 saturated heterocycles. The topological polar surface area (TPSA) is 42.3 Å². The normalized spacial score (nSPS) is 10.5. The summed E-state index contributed by atoms with van der Waals surface area (Å²) in [6.45, 7) is 27.9. The van der Waals surface area contributed by atoms with Crippen molar-refractivity contribution in [2.24, 2.45) is 0 Å². The van der Waals surface area contributed by atoms with Crippen molar-refractivity contribution in [3.05, 3.63) is 107 Å². The SMILES string of the molecule is CC(C)[PH+](C[N-]c1ccccc1)C(C)C.CC(C)[PH+](C[N-]c1ccccc1)C(C)C.CC(C)[PH+](C[N-]c1ccccc1)C(C)C.[Li+].[Li+].[Li+].[Ni]. The number of hydrogen-bond donors (Lipinski definition) is 0.